The van der Waals surface area contributed by atoms with E-state index in [2.05, 4.69) is 4.98 Å². The van der Waals surface area contributed by atoms with E-state index in [0.717, 1.165) is 17.8 Å². The third-order valence-electron chi connectivity index (χ3n) is 6.19. The van der Waals surface area contributed by atoms with Gasteiger partial charge in [0, 0.05) is 5.56 Å². The number of aromatic hydroxyl groups is 1. The summed E-state index contributed by atoms with van der Waals surface area (Å²) in [6.45, 7) is 4.55. The Bertz CT molecular complexity index is 1600. The van der Waals surface area contributed by atoms with Gasteiger partial charge in [0.1, 0.15) is 17.3 Å². The molecule has 200 valence electrons. The van der Waals surface area contributed by atoms with Crippen molar-refractivity contribution < 1.29 is 33.7 Å². The number of aliphatic hydroxyl groups excluding tert-OH is 1. The fraction of sp³-hybridized carbons (Fsp3) is 0.207. The van der Waals surface area contributed by atoms with Gasteiger partial charge in [-0.2, -0.15) is 0 Å². The van der Waals surface area contributed by atoms with E-state index in [-0.39, 0.29) is 34.6 Å². The van der Waals surface area contributed by atoms with Crippen molar-refractivity contribution in [2.24, 2.45) is 0 Å². The lowest BCUT2D eigenvalue weighted by molar-refractivity contribution is -0.132. The minimum atomic E-state index is -1.09. The maximum atomic E-state index is 13.9. The smallest absolute Gasteiger partial charge is 0.301 e. The van der Waals surface area contributed by atoms with Crippen LogP contribution in [0.1, 0.15) is 37.4 Å². The average Bonchev–Trinajstić information content (AvgIpc) is 3.46. The highest BCUT2D eigenvalue weighted by Crippen LogP contribution is 2.45. The maximum absolute atomic E-state index is 13.9. The number of amides is 1. The number of Topliss-reactive ketones (excluding diaryl/α,β-unsaturated/α-hetero) is 1. The topological polar surface area (TPSA) is 109 Å². The van der Waals surface area contributed by atoms with E-state index in [1.165, 1.54) is 35.2 Å². The van der Waals surface area contributed by atoms with Crippen molar-refractivity contribution in [3.8, 4) is 17.2 Å². The number of rotatable bonds is 8. The van der Waals surface area contributed by atoms with Gasteiger partial charge in [0.05, 0.1) is 35.0 Å². The van der Waals surface area contributed by atoms with Crippen molar-refractivity contribution >= 4 is 44.1 Å². The highest BCUT2D eigenvalue weighted by Gasteiger charge is 2.48. The molecule has 0 radical (unpaired) electrons. The van der Waals surface area contributed by atoms with Crippen molar-refractivity contribution in [2.75, 3.05) is 18.1 Å². The number of anilines is 1. The number of halogens is 1. The first-order valence-corrected chi connectivity index (χ1v) is 13.2. The lowest BCUT2D eigenvalue weighted by Crippen LogP contribution is -2.29. The van der Waals surface area contributed by atoms with Crippen LogP contribution in [0.15, 0.2) is 66.2 Å². The molecule has 1 aromatic heterocycles. The Kier molecular flexibility index (Phi) is 7.21. The van der Waals surface area contributed by atoms with Crippen molar-refractivity contribution in [3.05, 3.63) is 83.2 Å². The number of hydrogen-bond donors (Lipinski definition) is 2. The summed E-state index contributed by atoms with van der Waals surface area (Å²) in [6, 6.07) is 14.0. The third kappa shape index (κ3) is 4.90. The zero-order valence-corrected chi connectivity index (χ0v) is 22.0. The number of fused-ring (bicyclic) bond motifs is 1. The Morgan fingerprint density at radius 2 is 1.82 bits per heavy atom. The van der Waals surface area contributed by atoms with Crippen LogP contribution in [0, 0.1) is 5.82 Å². The van der Waals surface area contributed by atoms with E-state index in [0.29, 0.717) is 33.7 Å². The molecule has 1 saturated heterocycles. The number of phenols is 1. The zero-order valence-electron chi connectivity index (χ0n) is 21.2. The van der Waals surface area contributed by atoms with Crippen LogP contribution >= 0.6 is 11.3 Å². The van der Waals surface area contributed by atoms with Crippen LogP contribution in [0.3, 0.4) is 0 Å². The van der Waals surface area contributed by atoms with Gasteiger partial charge in [0.25, 0.3) is 5.78 Å². The number of aliphatic hydroxyl groups is 1. The van der Waals surface area contributed by atoms with E-state index >= 15 is 0 Å². The Hall–Kier alpha value is -4.44. The molecule has 1 fully saturated rings. The van der Waals surface area contributed by atoms with Crippen LogP contribution in [0.4, 0.5) is 9.52 Å². The predicted octanol–water partition coefficient (Wildman–Crippen LogP) is 5.95. The number of aromatic nitrogens is 1. The van der Waals surface area contributed by atoms with Crippen molar-refractivity contribution in [1.29, 1.82) is 0 Å². The molecule has 8 nitrogen and oxygen atoms in total. The molecule has 2 heterocycles. The second-order valence-corrected chi connectivity index (χ2v) is 9.82. The quantitative estimate of drug-likeness (QED) is 0.159. The summed E-state index contributed by atoms with van der Waals surface area (Å²) in [6.07, 6.45) is 0.833. The molecule has 10 heteroatoms. The lowest BCUT2D eigenvalue weighted by Gasteiger charge is -2.23. The van der Waals surface area contributed by atoms with E-state index in [1.54, 1.807) is 37.3 Å². The zero-order chi connectivity index (χ0) is 27.7. The highest BCUT2D eigenvalue weighted by molar-refractivity contribution is 7.22. The highest BCUT2D eigenvalue weighted by atomic mass is 32.1. The Balaban J connectivity index is 1.67. The molecule has 39 heavy (non-hydrogen) atoms. The molecule has 1 aliphatic rings. The fourth-order valence-electron chi connectivity index (χ4n) is 4.39. The molecule has 0 spiro atoms. The van der Waals surface area contributed by atoms with Crippen molar-refractivity contribution in [2.45, 2.75) is 26.3 Å². The van der Waals surface area contributed by atoms with E-state index in [1.807, 2.05) is 6.92 Å². The predicted molar refractivity (Wildman–Crippen MR) is 146 cm³/mol. The molecule has 2 N–H and O–H groups in total. The number of thiazole rings is 1. The van der Waals surface area contributed by atoms with Crippen LogP contribution in [0.5, 0.6) is 17.2 Å². The summed E-state index contributed by atoms with van der Waals surface area (Å²) in [7, 11) is 0. The molecule has 0 saturated carbocycles. The van der Waals surface area contributed by atoms with Gasteiger partial charge in [0.15, 0.2) is 16.6 Å². The normalized spacial score (nSPS) is 16.7. The van der Waals surface area contributed by atoms with Gasteiger partial charge < -0.3 is 19.7 Å². The monoisotopic (exact) mass is 548 g/mol. The van der Waals surface area contributed by atoms with Gasteiger partial charge in [-0.3, -0.25) is 14.5 Å². The third-order valence-corrected chi connectivity index (χ3v) is 7.21. The molecular formula is C29H25FN2O6S. The number of ether oxygens (including phenoxy) is 2. The van der Waals surface area contributed by atoms with Gasteiger partial charge in [-0.15, -0.1) is 0 Å². The van der Waals surface area contributed by atoms with Gasteiger partial charge in [-0.05, 0) is 73.5 Å². The van der Waals surface area contributed by atoms with Gasteiger partial charge in [0.2, 0.25) is 0 Å². The standard InChI is InChI=1S/C29H25FN2O6S/c1-3-13-38-19-9-5-16(6-10-19)26(34)24-25(17-7-12-21(33)22(14-17)37-4-2)32(28(36)27(24)35)29-31-20-11-8-18(30)15-23(20)39-29/h5-12,14-15,25,33-34H,3-4,13H2,1-2H3/b26-24+. The average molecular weight is 549 g/mol. The minimum absolute atomic E-state index is 0.115. The SMILES string of the molecule is CCCOc1ccc(/C(O)=C2\C(=O)C(=O)N(c3nc4ccc(F)cc4s3)C2c2ccc(O)c(OCC)c2)cc1. The fourth-order valence-corrected chi connectivity index (χ4v) is 5.41. The number of benzene rings is 3. The molecule has 1 unspecified atom stereocenters. The van der Waals surface area contributed by atoms with Crippen LogP contribution in [0.2, 0.25) is 0 Å². The lowest BCUT2D eigenvalue weighted by atomic mass is 9.95. The van der Waals surface area contributed by atoms with E-state index < -0.39 is 23.5 Å². The Labute approximate surface area is 227 Å². The van der Waals surface area contributed by atoms with Gasteiger partial charge in [-0.25, -0.2) is 9.37 Å². The Morgan fingerprint density at radius 3 is 2.54 bits per heavy atom. The first kappa shape index (κ1) is 26.2. The molecular weight excluding hydrogens is 523 g/mol. The summed E-state index contributed by atoms with van der Waals surface area (Å²) in [5.74, 6) is -1.98. The van der Waals surface area contributed by atoms with Gasteiger partial charge >= 0.3 is 5.91 Å². The summed E-state index contributed by atoms with van der Waals surface area (Å²) in [5, 5.41) is 21.8. The summed E-state index contributed by atoms with van der Waals surface area (Å²) in [5.41, 5.74) is 1.03. The molecule has 3 aromatic carbocycles. The molecule has 0 bridgehead atoms. The molecule has 5 rings (SSSR count). The number of nitrogens with zero attached hydrogens (tertiary/aromatic N) is 2. The molecule has 1 amide bonds. The van der Waals surface area contributed by atoms with Crippen molar-refractivity contribution in [1.82, 2.24) is 4.98 Å². The number of ketones is 1. The van der Waals surface area contributed by atoms with Gasteiger partial charge in [-0.1, -0.05) is 24.3 Å². The second-order valence-electron chi connectivity index (χ2n) is 8.81. The number of hydrogen-bond acceptors (Lipinski definition) is 8. The first-order valence-electron chi connectivity index (χ1n) is 12.4. The largest absolute Gasteiger partial charge is 0.507 e. The number of carbonyl (C=O) groups is 2. The molecule has 1 atom stereocenters. The summed E-state index contributed by atoms with van der Waals surface area (Å²) in [4.78, 5) is 32.6. The van der Waals surface area contributed by atoms with E-state index in [9.17, 15) is 24.2 Å². The van der Waals surface area contributed by atoms with E-state index in [4.69, 9.17) is 9.47 Å². The first-order chi connectivity index (χ1) is 18.8. The van der Waals surface area contributed by atoms with Crippen molar-refractivity contribution in [3.63, 3.8) is 0 Å². The molecule has 4 aromatic rings. The summed E-state index contributed by atoms with van der Waals surface area (Å²) < 4.78 is 25.5. The minimum Gasteiger partial charge on any atom is -0.507 e. The van der Waals surface area contributed by atoms with Crippen LogP contribution in [-0.2, 0) is 9.59 Å². The maximum Gasteiger partial charge on any atom is 0.301 e. The molecule has 1 aliphatic heterocycles. The second kappa shape index (κ2) is 10.7. The summed E-state index contributed by atoms with van der Waals surface area (Å²) >= 11 is 1.05. The molecule has 0 aliphatic carbocycles. The van der Waals surface area contributed by atoms with Crippen LogP contribution in [0.25, 0.3) is 16.0 Å². The number of phenolic OH excluding ortho intramolecular Hbond substituents is 1. The number of carbonyl (C=O) groups excluding carboxylic acids is 2. The van der Waals surface area contributed by atoms with Crippen LogP contribution in [-0.4, -0.2) is 40.1 Å². The van der Waals surface area contributed by atoms with Crippen LogP contribution < -0.4 is 14.4 Å². The Morgan fingerprint density at radius 1 is 1.05 bits per heavy atom.